The van der Waals surface area contributed by atoms with Crippen molar-refractivity contribution in [3.63, 3.8) is 0 Å². The van der Waals surface area contributed by atoms with E-state index in [1.54, 1.807) is 24.3 Å². The van der Waals surface area contributed by atoms with Gasteiger partial charge in [-0.3, -0.25) is 14.5 Å². The number of imide groups is 1. The fourth-order valence-electron chi connectivity index (χ4n) is 3.29. The molecule has 6 nitrogen and oxygen atoms in total. The molecule has 0 atom stereocenters. The smallest absolute Gasteiger partial charge is 0.278 e. The number of halogens is 1. The van der Waals surface area contributed by atoms with Crippen molar-refractivity contribution in [2.45, 2.75) is 32.5 Å². The summed E-state index contributed by atoms with van der Waals surface area (Å²) < 4.78 is 0. The fourth-order valence-corrected chi connectivity index (χ4v) is 4.41. The lowest BCUT2D eigenvalue weighted by Crippen LogP contribution is -2.31. The lowest BCUT2D eigenvalue weighted by atomic mass is 10.2. The largest absolute Gasteiger partial charge is 0.350 e. The van der Waals surface area contributed by atoms with Gasteiger partial charge in [-0.05, 0) is 68.4 Å². The minimum Gasteiger partial charge on any atom is -0.350 e. The van der Waals surface area contributed by atoms with E-state index in [0.717, 1.165) is 40.0 Å². The Morgan fingerprint density at radius 3 is 2.16 bits per heavy atom. The minimum absolute atomic E-state index is 0.145. The molecule has 0 fully saturated rings. The molecule has 4 rings (SSSR count). The summed E-state index contributed by atoms with van der Waals surface area (Å²) in [5, 5.41) is 4.16. The van der Waals surface area contributed by atoms with Crippen molar-refractivity contribution in [2.75, 3.05) is 5.32 Å². The number of nitrogens with zero attached hydrogens (tertiary/aromatic N) is 3. The van der Waals surface area contributed by atoms with Gasteiger partial charge in [0.25, 0.3) is 11.8 Å². The molecule has 3 aromatic rings. The summed E-state index contributed by atoms with van der Waals surface area (Å²) in [4.78, 5) is 37.0. The number of benzene rings is 2. The first-order valence-corrected chi connectivity index (χ1v) is 11.2. The molecule has 1 N–H and O–H groups in total. The van der Waals surface area contributed by atoms with Crippen LogP contribution in [0.5, 0.6) is 0 Å². The first kappa shape index (κ1) is 22.0. The third kappa shape index (κ3) is 4.84. The molecule has 2 aromatic carbocycles. The molecular weight excluding hydrogens is 444 g/mol. The van der Waals surface area contributed by atoms with Gasteiger partial charge in [0.1, 0.15) is 10.6 Å². The molecule has 1 aliphatic rings. The van der Waals surface area contributed by atoms with E-state index in [-0.39, 0.29) is 23.1 Å². The standard InChI is InChI=1S/C24H21ClN4O2S/c1-14-4-10-19(11-5-14)28-20-21(32-24-26-15(2)12-16(3)27-24)23(31)29(22(20)30)13-17-6-8-18(25)9-7-17/h4-12,28H,13H2,1-3H3. The topological polar surface area (TPSA) is 75.2 Å². The Morgan fingerprint density at radius 2 is 1.53 bits per heavy atom. The zero-order chi connectivity index (χ0) is 22.8. The molecule has 0 saturated carbocycles. The number of anilines is 1. The lowest BCUT2D eigenvalue weighted by Gasteiger charge is -2.15. The molecule has 2 amide bonds. The first-order chi connectivity index (χ1) is 15.3. The Kier molecular flexibility index (Phi) is 6.30. The first-order valence-electron chi connectivity index (χ1n) is 9.99. The van der Waals surface area contributed by atoms with Crippen molar-refractivity contribution in [3.05, 3.63) is 92.7 Å². The van der Waals surface area contributed by atoms with E-state index in [9.17, 15) is 9.59 Å². The van der Waals surface area contributed by atoms with E-state index in [1.807, 2.05) is 51.1 Å². The minimum atomic E-state index is -0.391. The van der Waals surface area contributed by atoms with Crippen LogP contribution < -0.4 is 5.32 Å². The maximum absolute atomic E-state index is 13.3. The molecule has 0 spiro atoms. The zero-order valence-corrected chi connectivity index (χ0v) is 19.4. The normalized spacial score (nSPS) is 13.8. The van der Waals surface area contributed by atoms with Gasteiger partial charge in [-0.15, -0.1) is 0 Å². The molecule has 0 unspecified atom stereocenters. The van der Waals surface area contributed by atoms with Crippen molar-refractivity contribution in [2.24, 2.45) is 0 Å². The predicted octanol–water partition coefficient (Wildman–Crippen LogP) is 5.04. The van der Waals surface area contributed by atoms with Gasteiger partial charge in [0.05, 0.1) is 6.54 Å². The molecule has 0 aliphatic carbocycles. The highest BCUT2D eigenvalue weighted by Gasteiger charge is 2.39. The van der Waals surface area contributed by atoms with Crippen LogP contribution in [0.4, 0.5) is 5.69 Å². The average molecular weight is 465 g/mol. The van der Waals surface area contributed by atoms with Crippen LogP contribution in [0.25, 0.3) is 0 Å². The van der Waals surface area contributed by atoms with Crippen molar-refractivity contribution in [3.8, 4) is 0 Å². The number of hydrogen-bond acceptors (Lipinski definition) is 6. The summed E-state index contributed by atoms with van der Waals surface area (Å²) in [6, 6.07) is 16.6. The van der Waals surface area contributed by atoms with Crippen molar-refractivity contribution in [1.82, 2.24) is 14.9 Å². The van der Waals surface area contributed by atoms with Crippen LogP contribution >= 0.6 is 23.4 Å². The second-order valence-corrected chi connectivity index (χ2v) is 8.97. The molecule has 0 radical (unpaired) electrons. The number of nitrogens with one attached hydrogen (secondary N) is 1. The van der Waals surface area contributed by atoms with E-state index < -0.39 is 5.91 Å². The highest BCUT2D eigenvalue weighted by molar-refractivity contribution is 8.04. The van der Waals surface area contributed by atoms with Crippen LogP contribution in [-0.4, -0.2) is 26.7 Å². The summed E-state index contributed by atoms with van der Waals surface area (Å²) in [6.45, 7) is 5.87. The molecular formula is C24H21ClN4O2S. The van der Waals surface area contributed by atoms with Gasteiger partial charge in [-0.25, -0.2) is 9.97 Å². The van der Waals surface area contributed by atoms with Crippen LogP contribution in [0.2, 0.25) is 5.02 Å². The van der Waals surface area contributed by atoms with Gasteiger partial charge >= 0.3 is 0 Å². The van der Waals surface area contributed by atoms with Crippen LogP contribution in [-0.2, 0) is 16.1 Å². The average Bonchev–Trinajstić information content (AvgIpc) is 2.95. The maximum Gasteiger partial charge on any atom is 0.278 e. The van der Waals surface area contributed by atoms with Gasteiger partial charge in [-0.1, -0.05) is 41.4 Å². The van der Waals surface area contributed by atoms with Gasteiger partial charge in [0.15, 0.2) is 5.16 Å². The number of carbonyl (C=O) groups is 2. The van der Waals surface area contributed by atoms with Crippen LogP contribution in [0, 0.1) is 20.8 Å². The van der Waals surface area contributed by atoms with Crippen LogP contribution in [0.15, 0.2) is 70.4 Å². The van der Waals surface area contributed by atoms with Crippen molar-refractivity contribution < 1.29 is 9.59 Å². The fraction of sp³-hybridized carbons (Fsp3) is 0.167. The molecule has 0 saturated heterocycles. The number of thioether (sulfide) groups is 1. The Bertz CT molecular complexity index is 1200. The Hall–Kier alpha value is -3.16. The predicted molar refractivity (Wildman–Crippen MR) is 126 cm³/mol. The summed E-state index contributed by atoms with van der Waals surface area (Å²) in [5.41, 5.74) is 4.44. The second-order valence-electron chi connectivity index (χ2n) is 7.55. The van der Waals surface area contributed by atoms with Crippen LogP contribution in [0.3, 0.4) is 0 Å². The molecule has 8 heteroatoms. The summed E-state index contributed by atoms with van der Waals surface area (Å²) in [7, 11) is 0. The molecule has 2 heterocycles. The van der Waals surface area contributed by atoms with Crippen molar-refractivity contribution in [1.29, 1.82) is 0 Å². The Balaban J connectivity index is 1.69. The molecule has 0 bridgehead atoms. The van der Waals surface area contributed by atoms with E-state index in [1.165, 1.54) is 4.90 Å². The number of aromatic nitrogens is 2. The number of hydrogen-bond donors (Lipinski definition) is 1. The highest BCUT2D eigenvalue weighted by atomic mass is 35.5. The Labute approximate surface area is 195 Å². The number of rotatable bonds is 6. The van der Waals surface area contributed by atoms with Crippen molar-refractivity contribution >= 4 is 40.9 Å². The van der Waals surface area contributed by atoms with Gasteiger partial charge in [0, 0.05) is 22.1 Å². The number of carbonyl (C=O) groups excluding carboxylic acids is 2. The third-order valence-electron chi connectivity index (χ3n) is 4.86. The molecule has 162 valence electrons. The molecule has 32 heavy (non-hydrogen) atoms. The van der Waals surface area contributed by atoms with E-state index >= 15 is 0 Å². The van der Waals surface area contributed by atoms with Gasteiger partial charge in [-0.2, -0.15) is 0 Å². The lowest BCUT2D eigenvalue weighted by molar-refractivity contribution is -0.137. The van der Waals surface area contributed by atoms with E-state index in [2.05, 4.69) is 15.3 Å². The van der Waals surface area contributed by atoms with Crippen LogP contribution in [0.1, 0.15) is 22.5 Å². The van der Waals surface area contributed by atoms with Gasteiger partial charge in [0.2, 0.25) is 0 Å². The SMILES string of the molecule is Cc1ccc(NC2=C(Sc3nc(C)cc(C)n3)C(=O)N(Cc3ccc(Cl)cc3)C2=O)cc1. The summed E-state index contributed by atoms with van der Waals surface area (Å²) in [5.74, 6) is -0.773. The summed E-state index contributed by atoms with van der Waals surface area (Å²) >= 11 is 7.07. The Morgan fingerprint density at radius 1 is 0.906 bits per heavy atom. The monoisotopic (exact) mass is 464 g/mol. The number of aryl methyl sites for hydroxylation is 3. The molecule has 1 aliphatic heterocycles. The second kappa shape index (κ2) is 9.14. The highest BCUT2D eigenvalue weighted by Crippen LogP contribution is 2.35. The zero-order valence-electron chi connectivity index (χ0n) is 17.8. The quantitative estimate of drug-likeness (QED) is 0.407. The van der Waals surface area contributed by atoms with E-state index in [4.69, 9.17) is 11.6 Å². The third-order valence-corrected chi connectivity index (χ3v) is 6.06. The maximum atomic E-state index is 13.3. The summed E-state index contributed by atoms with van der Waals surface area (Å²) in [6.07, 6.45) is 0. The number of amides is 2. The molecule has 1 aromatic heterocycles. The van der Waals surface area contributed by atoms with E-state index in [0.29, 0.717) is 10.2 Å². The van der Waals surface area contributed by atoms with Gasteiger partial charge < -0.3 is 5.32 Å².